The summed E-state index contributed by atoms with van der Waals surface area (Å²) >= 11 is 0. The number of methoxy groups -OCH3 is 2. The average molecular weight is 729 g/mol. The minimum atomic E-state index is -3.88. The molecule has 1 heterocycles. The molecule has 0 saturated carbocycles. The molecule has 0 aliphatic carbocycles. The van der Waals surface area contributed by atoms with Gasteiger partial charge in [0.05, 0.1) is 38.0 Å². The van der Waals surface area contributed by atoms with Crippen molar-refractivity contribution in [2.24, 2.45) is 10.1 Å². The Morgan fingerprint density at radius 3 is 2.44 bits per heavy atom. The lowest BCUT2D eigenvalue weighted by molar-refractivity contribution is -0.130. The highest BCUT2D eigenvalue weighted by Crippen LogP contribution is 2.44. The molecule has 15 heteroatoms. The molecule has 1 aliphatic heterocycles. The highest BCUT2D eigenvalue weighted by Gasteiger charge is 2.54. The standard InChI is InChI=1S/C37H40N6O8S/c1-48-32-18-13-26(23-33(32)49-2)24-39-42-36(45)37(19-22-52(46,47)30-10-4-3-5-11-30)34(31-12-7-6-9-28(31)25-40-43-38)51-35(41-37)27-14-16-29(17-15-27)50-21-8-20-44/h3-7,9-18,23,34,39,44H,8,19-22,24-25H2,1-2H3,(H,42,45)/t34-,37-/m0/s1. The fourth-order valence-corrected chi connectivity index (χ4v) is 7.14. The van der Waals surface area contributed by atoms with Gasteiger partial charge in [0.15, 0.2) is 33.0 Å². The third-order valence-corrected chi connectivity index (χ3v) is 10.2. The Labute approximate surface area is 301 Å². The molecular weight excluding hydrogens is 689 g/mol. The number of aliphatic hydroxyl groups is 1. The van der Waals surface area contributed by atoms with Gasteiger partial charge in [-0.2, -0.15) is 0 Å². The van der Waals surface area contributed by atoms with Crippen LogP contribution in [0.5, 0.6) is 17.2 Å². The van der Waals surface area contributed by atoms with E-state index in [9.17, 15) is 13.2 Å². The molecule has 272 valence electrons. The van der Waals surface area contributed by atoms with E-state index in [4.69, 9.17) is 34.6 Å². The molecular formula is C37H40N6O8S. The van der Waals surface area contributed by atoms with Gasteiger partial charge >= 0.3 is 0 Å². The summed E-state index contributed by atoms with van der Waals surface area (Å²) in [6, 6.07) is 27.2. The lowest BCUT2D eigenvalue weighted by Crippen LogP contribution is -2.53. The topological polar surface area (TPSA) is 194 Å². The Morgan fingerprint density at radius 1 is 1.00 bits per heavy atom. The van der Waals surface area contributed by atoms with Crippen LogP contribution in [-0.4, -0.2) is 64.1 Å². The summed E-state index contributed by atoms with van der Waals surface area (Å²) in [5.74, 6) is 0.648. The number of carbonyl (C=O) groups excluding carboxylic acids is 1. The first-order valence-electron chi connectivity index (χ1n) is 16.5. The number of rotatable bonds is 18. The molecule has 5 rings (SSSR count). The quantitative estimate of drug-likeness (QED) is 0.0405. The number of carbonyl (C=O) groups is 1. The zero-order chi connectivity index (χ0) is 37.0. The molecule has 0 fully saturated rings. The van der Waals surface area contributed by atoms with Gasteiger partial charge in [0.2, 0.25) is 5.90 Å². The minimum Gasteiger partial charge on any atom is -0.494 e. The predicted molar refractivity (Wildman–Crippen MR) is 194 cm³/mol. The van der Waals surface area contributed by atoms with Crippen LogP contribution in [0.2, 0.25) is 0 Å². The van der Waals surface area contributed by atoms with Crippen molar-refractivity contribution in [2.75, 3.05) is 33.2 Å². The van der Waals surface area contributed by atoms with Crippen molar-refractivity contribution < 1.29 is 37.3 Å². The van der Waals surface area contributed by atoms with Crippen LogP contribution >= 0.6 is 0 Å². The Bertz CT molecular complexity index is 2020. The minimum absolute atomic E-state index is 0.00143. The SMILES string of the molecule is COc1ccc(CNNC(=O)[C@@]2(CCS(=O)(=O)c3ccccc3)N=C(c3ccc(OCCCO)cc3)O[C@H]2c2ccccc2CN=[N+]=[N-])cc1OC. The second-order valence-electron chi connectivity index (χ2n) is 11.8. The first-order valence-corrected chi connectivity index (χ1v) is 18.1. The van der Waals surface area contributed by atoms with Gasteiger partial charge < -0.3 is 24.1 Å². The van der Waals surface area contributed by atoms with Crippen LogP contribution in [0.15, 0.2) is 112 Å². The van der Waals surface area contributed by atoms with Gasteiger partial charge in [-0.15, -0.1) is 0 Å². The summed E-state index contributed by atoms with van der Waals surface area (Å²) in [6.45, 7) is 0.461. The molecule has 4 aromatic rings. The summed E-state index contributed by atoms with van der Waals surface area (Å²) < 4.78 is 50.3. The zero-order valence-corrected chi connectivity index (χ0v) is 29.6. The van der Waals surface area contributed by atoms with Crippen LogP contribution < -0.4 is 25.1 Å². The highest BCUT2D eigenvalue weighted by atomic mass is 32.2. The molecule has 0 unspecified atom stereocenters. The number of ether oxygens (including phenoxy) is 4. The molecule has 0 radical (unpaired) electrons. The molecule has 14 nitrogen and oxygen atoms in total. The Morgan fingerprint density at radius 2 is 1.73 bits per heavy atom. The van der Waals surface area contributed by atoms with Crippen LogP contribution in [0.3, 0.4) is 0 Å². The normalized spacial score (nSPS) is 16.6. The third kappa shape index (κ3) is 8.82. The number of aliphatic imine (C=N–C) groups is 1. The number of hydrogen-bond donors (Lipinski definition) is 3. The van der Waals surface area contributed by atoms with Crippen molar-refractivity contribution in [3.63, 3.8) is 0 Å². The second-order valence-corrected chi connectivity index (χ2v) is 13.9. The van der Waals surface area contributed by atoms with Gasteiger partial charge in [0.1, 0.15) is 5.75 Å². The van der Waals surface area contributed by atoms with Gasteiger partial charge in [0.25, 0.3) is 5.91 Å². The van der Waals surface area contributed by atoms with Crippen LogP contribution in [-0.2, 0) is 32.5 Å². The van der Waals surface area contributed by atoms with E-state index in [1.54, 1.807) is 78.9 Å². The van der Waals surface area contributed by atoms with Crippen molar-refractivity contribution in [2.45, 2.75) is 42.5 Å². The summed E-state index contributed by atoms with van der Waals surface area (Å²) in [5, 5.41) is 12.9. The van der Waals surface area contributed by atoms with Crippen LogP contribution in [0.1, 0.15) is 41.2 Å². The lowest BCUT2D eigenvalue weighted by Gasteiger charge is -2.31. The van der Waals surface area contributed by atoms with Gasteiger partial charge in [-0.25, -0.2) is 18.8 Å². The first kappa shape index (κ1) is 37.7. The first-order chi connectivity index (χ1) is 25.2. The molecule has 0 aromatic heterocycles. The average Bonchev–Trinajstić information content (AvgIpc) is 3.57. The summed E-state index contributed by atoms with van der Waals surface area (Å²) in [5.41, 5.74) is 15.4. The summed E-state index contributed by atoms with van der Waals surface area (Å²) in [7, 11) is -0.816. The fraction of sp³-hybridized carbons (Fsp3) is 0.297. The number of sulfone groups is 1. The van der Waals surface area contributed by atoms with E-state index < -0.39 is 33.1 Å². The van der Waals surface area contributed by atoms with E-state index in [2.05, 4.69) is 20.9 Å². The fourth-order valence-electron chi connectivity index (χ4n) is 5.75. The monoisotopic (exact) mass is 728 g/mol. The number of hydrazine groups is 1. The summed E-state index contributed by atoms with van der Waals surface area (Å²) in [6.07, 6.45) is -0.916. The maximum atomic E-state index is 14.6. The number of nitrogens with zero attached hydrogens (tertiary/aromatic N) is 4. The van der Waals surface area contributed by atoms with Gasteiger partial charge in [0, 0.05) is 36.5 Å². The number of azide groups is 1. The highest BCUT2D eigenvalue weighted by molar-refractivity contribution is 7.91. The van der Waals surface area contributed by atoms with Gasteiger partial charge in [-0.05, 0) is 70.8 Å². The van der Waals surface area contributed by atoms with Gasteiger partial charge in [-0.1, -0.05) is 53.6 Å². The molecule has 4 aromatic carbocycles. The second kappa shape index (κ2) is 17.6. The largest absolute Gasteiger partial charge is 0.494 e. The van der Waals surface area contributed by atoms with Crippen molar-refractivity contribution >= 4 is 21.6 Å². The van der Waals surface area contributed by atoms with Gasteiger partial charge in [-0.3, -0.25) is 10.2 Å². The maximum absolute atomic E-state index is 14.6. The smallest absolute Gasteiger partial charge is 0.266 e. The Balaban J connectivity index is 1.55. The molecule has 0 spiro atoms. The molecule has 0 bridgehead atoms. The molecule has 2 atom stereocenters. The number of amides is 1. The van der Waals surface area contributed by atoms with Crippen molar-refractivity contribution in [1.82, 2.24) is 10.9 Å². The van der Waals surface area contributed by atoms with E-state index in [0.717, 1.165) is 5.56 Å². The van der Waals surface area contributed by atoms with Crippen molar-refractivity contribution in [3.05, 3.63) is 130 Å². The van der Waals surface area contributed by atoms with Crippen LogP contribution in [0, 0.1) is 0 Å². The van der Waals surface area contributed by atoms with E-state index in [0.29, 0.717) is 47.0 Å². The Hall–Kier alpha value is -5.60. The van der Waals surface area contributed by atoms with E-state index in [-0.39, 0.29) is 36.9 Å². The molecule has 0 saturated heterocycles. The molecule has 52 heavy (non-hydrogen) atoms. The van der Waals surface area contributed by atoms with E-state index in [1.807, 2.05) is 6.07 Å². The molecule has 3 N–H and O–H groups in total. The summed E-state index contributed by atoms with van der Waals surface area (Å²) in [4.78, 5) is 22.5. The number of nitrogens with one attached hydrogen (secondary N) is 2. The van der Waals surface area contributed by atoms with Crippen LogP contribution in [0.25, 0.3) is 10.4 Å². The number of hydrogen-bond acceptors (Lipinski definition) is 11. The zero-order valence-electron chi connectivity index (χ0n) is 28.8. The maximum Gasteiger partial charge on any atom is 0.266 e. The lowest BCUT2D eigenvalue weighted by atomic mass is 9.83. The number of aliphatic hydroxyl groups excluding tert-OH is 1. The number of benzene rings is 4. The van der Waals surface area contributed by atoms with E-state index >= 15 is 0 Å². The Kier molecular flexibility index (Phi) is 12.7. The van der Waals surface area contributed by atoms with Crippen molar-refractivity contribution in [1.29, 1.82) is 0 Å². The van der Waals surface area contributed by atoms with E-state index in [1.165, 1.54) is 26.4 Å². The predicted octanol–water partition coefficient (Wildman–Crippen LogP) is 5.22. The van der Waals surface area contributed by atoms with Crippen LogP contribution in [0.4, 0.5) is 0 Å². The molecule has 1 amide bonds. The third-order valence-electron chi connectivity index (χ3n) is 8.47. The van der Waals surface area contributed by atoms with Crippen molar-refractivity contribution in [3.8, 4) is 17.2 Å². The molecule has 1 aliphatic rings.